The van der Waals surface area contributed by atoms with Gasteiger partial charge in [-0.25, -0.2) is 0 Å². The Bertz CT molecular complexity index is 493. The quantitative estimate of drug-likeness (QED) is 0.898. The molecule has 1 aromatic rings. The summed E-state index contributed by atoms with van der Waals surface area (Å²) < 4.78 is 0. The van der Waals surface area contributed by atoms with Crippen LogP contribution in [0.1, 0.15) is 18.4 Å². The fourth-order valence-corrected chi connectivity index (χ4v) is 2.44. The number of carbonyl (C=O) groups excluding carboxylic acids is 2. The average Bonchev–Trinajstić information content (AvgIpc) is 2.41. The molecule has 102 valence electrons. The molecule has 0 spiro atoms. The maximum Gasteiger partial charge on any atom is 0.227 e. The van der Waals surface area contributed by atoms with Gasteiger partial charge in [0.2, 0.25) is 11.8 Å². The molecule has 1 aliphatic heterocycles. The Morgan fingerprint density at radius 3 is 3.00 bits per heavy atom. The van der Waals surface area contributed by atoms with Gasteiger partial charge in [-0.05, 0) is 24.5 Å². The Labute approximate surface area is 116 Å². The second kappa shape index (κ2) is 6.02. The third kappa shape index (κ3) is 3.44. The fraction of sp³-hybridized carbons (Fsp3) is 0.462. The van der Waals surface area contributed by atoms with E-state index in [1.807, 2.05) is 0 Å². The molecule has 1 saturated heterocycles. The summed E-state index contributed by atoms with van der Waals surface area (Å²) in [5.41, 5.74) is 6.05. The number of hydrogen-bond acceptors (Lipinski definition) is 3. The summed E-state index contributed by atoms with van der Waals surface area (Å²) in [6, 6.07) is 1.73. The summed E-state index contributed by atoms with van der Waals surface area (Å²) in [4.78, 5) is 28.9. The van der Waals surface area contributed by atoms with Gasteiger partial charge in [0, 0.05) is 25.5 Å². The van der Waals surface area contributed by atoms with Crippen molar-refractivity contribution in [2.24, 2.45) is 11.7 Å². The lowest BCUT2D eigenvalue weighted by molar-refractivity contribution is -0.134. The molecular formula is C13H16ClN3O2. The van der Waals surface area contributed by atoms with E-state index in [2.05, 4.69) is 4.98 Å². The molecule has 2 rings (SSSR count). The minimum atomic E-state index is -0.334. The molecule has 1 aromatic heterocycles. The van der Waals surface area contributed by atoms with Crippen LogP contribution < -0.4 is 5.73 Å². The molecule has 1 atom stereocenters. The number of amides is 2. The highest BCUT2D eigenvalue weighted by Gasteiger charge is 2.27. The molecule has 6 heteroatoms. The van der Waals surface area contributed by atoms with E-state index < -0.39 is 0 Å². The molecule has 0 radical (unpaired) electrons. The Morgan fingerprint density at radius 2 is 2.32 bits per heavy atom. The van der Waals surface area contributed by atoms with E-state index in [0.29, 0.717) is 18.1 Å². The summed E-state index contributed by atoms with van der Waals surface area (Å²) in [5.74, 6) is -0.593. The van der Waals surface area contributed by atoms with Crippen molar-refractivity contribution in [2.75, 3.05) is 13.1 Å². The van der Waals surface area contributed by atoms with E-state index in [1.165, 1.54) is 6.20 Å². The van der Waals surface area contributed by atoms with Crippen molar-refractivity contribution in [1.82, 2.24) is 9.88 Å². The van der Waals surface area contributed by atoms with Crippen LogP contribution in [0.2, 0.25) is 5.02 Å². The minimum Gasteiger partial charge on any atom is -0.369 e. The van der Waals surface area contributed by atoms with Crippen LogP contribution >= 0.6 is 11.6 Å². The van der Waals surface area contributed by atoms with E-state index in [0.717, 1.165) is 18.4 Å². The molecule has 0 bridgehead atoms. The van der Waals surface area contributed by atoms with Gasteiger partial charge >= 0.3 is 0 Å². The molecule has 5 nitrogen and oxygen atoms in total. The third-order valence-electron chi connectivity index (χ3n) is 3.37. The summed E-state index contributed by atoms with van der Waals surface area (Å²) in [6.07, 6.45) is 4.93. The minimum absolute atomic E-state index is 0.0287. The smallest absolute Gasteiger partial charge is 0.227 e. The number of halogens is 1. The molecular weight excluding hydrogens is 266 g/mol. The van der Waals surface area contributed by atoms with Gasteiger partial charge in [-0.3, -0.25) is 14.6 Å². The summed E-state index contributed by atoms with van der Waals surface area (Å²) >= 11 is 5.98. The topological polar surface area (TPSA) is 76.3 Å². The van der Waals surface area contributed by atoms with Crippen LogP contribution in [-0.4, -0.2) is 34.8 Å². The maximum atomic E-state index is 12.2. The highest BCUT2D eigenvalue weighted by molar-refractivity contribution is 6.31. The first-order valence-electron chi connectivity index (χ1n) is 6.23. The Kier molecular flexibility index (Phi) is 4.37. The third-order valence-corrected chi connectivity index (χ3v) is 3.71. The van der Waals surface area contributed by atoms with Crippen molar-refractivity contribution >= 4 is 23.4 Å². The van der Waals surface area contributed by atoms with Crippen molar-refractivity contribution in [2.45, 2.75) is 19.3 Å². The van der Waals surface area contributed by atoms with Crippen LogP contribution in [0.15, 0.2) is 18.5 Å². The van der Waals surface area contributed by atoms with Crippen molar-refractivity contribution < 1.29 is 9.59 Å². The van der Waals surface area contributed by atoms with Crippen LogP contribution in [0, 0.1) is 5.92 Å². The molecule has 2 N–H and O–H groups in total. The second-order valence-electron chi connectivity index (χ2n) is 4.73. The van der Waals surface area contributed by atoms with E-state index in [4.69, 9.17) is 17.3 Å². The van der Waals surface area contributed by atoms with Crippen molar-refractivity contribution in [3.8, 4) is 0 Å². The first-order valence-corrected chi connectivity index (χ1v) is 6.61. The fourth-order valence-electron chi connectivity index (χ4n) is 2.26. The predicted octanol–water partition coefficient (Wildman–Crippen LogP) is 1.00. The number of piperidine rings is 1. The summed E-state index contributed by atoms with van der Waals surface area (Å²) in [6.45, 7) is 1.09. The Morgan fingerprint density at radius 1 is 1.53 bits per heavy atom. The molecule has 0 aliphatic carbocycles. The Hall–Kier alpha value is -1.62. The summed E-state index contributed by atoms with van der Waals surface area (Å²) in [5, 5.41) is 0.485. The van der Waals surface area contributed by atoms with Gasteiger partial charge in [0.15, 0.2) is 0 Å². The molecule has 1 aliphatic rings. The van der Waals surface area contributed by atoms with E-state index in [1.54, 1.807) is 17.2 Å². The molecule has 0 unspecified atom stereocenters. The summed E-state index contributed by atoms with van der Waals surface area (Å²) in [7, 11) is 0. The van der Waals surface area contributed by atoms with Crippen LogP contribution in [-0.2, 0) is 16.0 Å². The maximum absolute atomic E-state index is 12.2. The number of likely N-dealkylation sites (tertiary alicyclic amines) is 1. The van der Waals surface area contributed by atoms with Gasteiger partial charge in [0.1, 0.15) is 0 Å². The van der Waals surface area contributed by atoms with Gasteiger partial charge < -0.3 is 10.6 Å². The largest absolute Gasteiger partial charge is 0.369 e. The van der Waals surface area contributed by atoms with E-state index in [9.17, 15) is 9.59 Å². The number of nitrogens with zero attached hydrogens (tertiary/aromatic N) is 2. The first-order chi connectivity index (χ1) is 9.08. The zero-order chi connectivity index (χ0) is 13.8. The van der Waals surface area contributed by atoms with Gasteiger partial charge in [-0.15, -0.1) is 0 Å². The molecule has 19 heavy (non-hydrogen) atoms. The average molecular weight is 282 g/mol. The Balaban J connectivity index is 2.00. The predicted molar refractivity (Wildman–Crippen MR) is 71.4 cm³/mol. The van der Waals surface area contributed by atoms with E-state index >= 15 is 0 Å². The lowest BCUT2D eigenvalue weighted by atomic mass is 9.97. The number of pyridine rings is 1. The molecule has 1 fully saturated rings. The highest BCUT2D eigenvalue weighted by Crippen LogP contribution is 2.19. The lowest BCUT2D eigenvalue weighted by Crippen LogP contribution is -2.44. The lowest BCUT2D eigenvalue weighted by Gasteiger charge is -2.31. The second-order valence-corrected chi connectivity index (χ2v) is 5.13. The van der Waals surface area contributed by atoms with Crippen LogP contribution in [0.4, 0.5) is 0 Å². The number of rotatable bonds is 3. The molecule has 0 aromatic carbocycles. The van der Waals surface area contributed by atoms with Gasteiger partial charge in [-0.2, -0.15) is 0 Å². The number of aromatic nitrogens is 1. The SMILES string of the molecule is NC(=O)[C@H]1CCCN(C(=O)Cc2ccncc2Cl)C1. The van der Waals surface area contributed by atoms with Gasteiger partial charge in [-0.1, -0.05) is 11.6 Å². The zero-order valence-corrected chi connectivity index (χ0v) is 11.3. The number of primary amides is 1. The zero-order valence-electron chi connectivity index (χ0n) is 10.5. The van der Waals surface area contributed by atoms with Crippen LogP contribution in [0.25, 0.3) is 0 Å². The van der Waals surface area contributed by atoms with Gasteiger partial charge in [0.05, 0.1) is 17.4 Å². The monoisotopic (exact) mass is 281 g/mol. The van der Waals surface area contributed by atoms with Gasteiger partial charge in [0.25, 0.3) is 0 Å². The van der Waals surface area contributed by atoms with E-state index in [-0.39, 0.29) is 24.2 Å². The van der Waals surface area contributed by atoms with Crippen molar-refractivity contribution in [3.63, 3.8) is 0 Å². The molecule has 2 heterocycles. The van der Waals surface area contributed by atoms with Crippen molar-refractivity contribution in [1.29, 1.82) is 0 Å². The number of hydrogen-bond donors (Lipinski definition) is 1. The normalized spacial score (nSPS) is 19.2. The number of nitrogens with two attached hydrogens (primary N) is 1. The standard InChI is InChI=1S/C13H16ClN3O2/c14-11-7-16-4-3-9(11)6-12(18)17-5-1-2-10(8-17)13(15)19/h3-4,7,10H,1-2,5-6,8H2,(H2,15,19)/t10-/m0/s1. The highest BCUT2D eigenvalue weighted by atomic mass is 35.5. The van der Waals surface area contributed by atoms with Crippen molar-refractivity contribution in [3.05, 3.63) is 29.0 Å². The van der Waals surface area contributed by atoms with Crippen LogP contribution in [0.3, 0.4) is 0 Å². The number of carbonyl (C=O) groups is 2. The molecule has 0 saturated carbocycles. The van der Waals surface area contributed by atoms with Crippen LogP contribution in [0.5, 0.6) is 0 Å². The molecule has 2 amide bonds. The first kappa shape index (κ1) is 13.8.